The van der Waals surface area contributed by atoms with Crippen LogP contribution in [0.4, 0.5) is 18.9 Å². The van der Waals surface area contributed by atoms with E-state index in [1.807, 2.05) is 0 Å². The molecule has 0 aromatic heterocycles. The van der Waals surface area contributed by atoms with Crippen LogP contribution in [0, 0.1) is 17.5 Å². The summed E-state index contributed by atoms with van der Waals surface area (Å²) in [5.74, 6) is -3.22. The Bertz CT molecular complexity index is 436. The fourth-order valence-electron chi connectivity index (χ4n) is 1.34. The highest BCUT2D eigenvalue weighted by Gasteiger charge is 2.09. The molecular weight excluding hydrogens is 245 g/mol. The molecule has 0 aliphatic heterocycles. The molecule has 100 valence electrons. The first-order valence-electron chi connectivity index (χ1n) is 5.50. The van der Waals surface area contributed by atoms with Crippen molar-refractivity contribution in [1.82, 2.24) is 4.90 Å². The lowest BCUT2D eigenvalue weighted by Crippen LogP contribution is -2.22. The molecule has 0 spiro atoms. The predicted octanol–water partition coefficient (Wildman–Crippen LogP) is 2.38. The quantitative estimate of drug-likeness (QED) is 0.651. The Morgan fingerprint density at radius 2 is 1.78 bits per heavy atom. The minimum Gasteiger partial charge on any atom is -0.383 e. The summed E-state index contributed by atoms with van der Waals surface area (Å²) in [4.78, 5) is 12.7. The zero-order chi connectivity index (χ0) is 13.7. The monoisotopic (exact) mass is 260 g/mol. The van der Waals surface area contributed by atoms with Crippen molar-refractivity contribution in [3.8, 4) is 0 Å². The summed E-state index contributed by atoms with van der Waals surface area (Å²) in [5, 5.41) is 2.62. The highest BCUT2D eigenvalue weighted by molar-refractivity contribution is 5.75. The molecule has 1 rings (SSSR count). The highest BCUT2D eigenvalue weighted by atomic mass is 19.2. The molecule has 1 aromatic carbocycles. The average molecular weight is 260 g/mol. The third-order valence-corrected chi connectivity index (χ3v) is 2.39. The second-order valence-corrected chi connectivity index (χ2v) is 4.06. The number of hydrogen-bond donors (Lipinski definition) is 1. The van der Waals surface area contributed by atoms with Gasteiger partial charge in [0.1, 0.15) is 5.82 Å². The Morgan fingerprint density at radius 3 is 2.39 bits per heavy atom. The minimum absolute atomic E-state index is 0.0393. The molecule has 0 radical (unpaired) electrons. The topological polar surface area (TPSA) is 32.3 Å². The molecule has 0 saturated heterocycles. The summed E-state index contributed by atoms with van der Waals surface area (Å²) in [6.45, 7) is 0.307. The normalized spacial score (nSPS) is 10.3. The van der Waals surface area contributed by atoms with Gasteiger partial charge in [-0.2, -0.15) is 0 Å². The number of carbonyl (C=O) groups is 1. The van der Waals surface area contributed by atoms with Crippen molar-refractivity contribution in [2.75, 3.05) is 26.0 Å². The molecule has 0 aliphatic rings. The molecule has 18 heavy (non-hydrogen) atoms. The van der Waals surface area contributed by atoms with E-state index in [4.69, 9.17) is 0 Å². The van der Waals surface area contributed by atoms with Gasteiger partial charge in [0.25, 0.3) is 0 Å². The van der Waals surface area contributed by atoms with Crippen LogP contribution in [0.5, 0.6) is 0 Å². The first kappa shape index (κ1) is 14.3. The number of hydrogen-bond acceptors (Lipinski definition) is 2. The lowest BCUT2D eigenvalue weighted by Gasteiger charge is -2.11. The van der Waals surface area contributed by atoms with Crippen LogP contribution in [0.2, 0.25) is 0 Å². The van der Waals surface area contributed by atoms with Crippen molar-refractivity contribution in [1.29, 1.82) is 0 Å². The largest absolute Gasteiger partial charge is 0.383 e. The van der Waals surface area contributed by atoms with Crippen molar-refractivity contribution >= 4 is 11.6 Å². The number of rotatable bonds is 5. The summed E-state index contributed by atoms with van der Waals surface area (Å²) < 4.78 is 38.7. The van der Waals surface area contributed by atoms with Gasteiger partial charge in [0.05, 0.1) is 5.69 Å². The van der Waals surface area contributed by atoms with E-state index in [0.717, 1.165) is 6.07 Å². The van der Waals surface area contributed by atoms with Gasteiger partial charge in [-0.05, 0) is 6.42 Å². The molecule has 0 bridgehead atoms. The summed E-state index contributed by atoms with van der Waals surface area (Å²) in [5.41, 5.74) is -0.105. The van der Waals surface area contributed by atoms with Gasteiger partial charge in [-0.15, -0.1) is 0 Å². The zero-order valence-electron chi connectivity index (χ0n) is 10.3. The van der Waals surface area contributed by atoms with Crippen molar-refractivity contribution in [3.63, 3.8) is 0 Å². The summed E-state index contributed by atoms with van der Waals surface area (Å²) in [6, 6.07) is 1.25. The van der Waals surface area contributed by atoms with E-state index in [2.05, 4.69) is 5.32 Å². The van der Waals surface area contributed by atoms with E-state index in [1.54, 1.807) is 14.1 Å². The molecule has 0 saturated carbocycles. The fourth-order valence-corrected chi connectivity index (χ4v) is 1.34. The van der Waals surface area contributed by atoms with E-state index in [9.17, 15) is 18.0 Å². The Balaban J connectivity index is 2.45. The van der Waals surface area contributed by atoms with Crippen LogP contribution in [0.15, 0.2) is 12.1 Å². The van der Waals surface area contributed by atoms with E-state index in [-0.39, 0.29) is 11.6 Å². The fraction of sp³-hybridized carbons (Fsp3) is 0.417. The lowest BCUT2D eigenvalue weighted by molar-refractivity contribution is -0.128. The van der Waals surface area contributed by atoms with Gasteiger partial charge in [-0.1, -0.05) is 0 Å². The SMILES string of the molecule is CN(C)C(=O)CCCNc1cc(F)c(F)cc1F. The zero-order valence-corrected chi connectivity index (χ0v) is 10.3. The number of benzene rings is 1. The van der Waals surface area contributed by atoms with Gasteiger partial charge < -0.3 is 10.2 Å². The average Bonchev–Trinajstić information content (AvgIpc) is 2.30. The van der Waals surface area contributed by atoms with Crippen molar-refractivity contribution in [2.24, 2.45) is 0 Å². The molecule has 3 nitrogen and oxygen atoms in total. The maximum absolute atomic E-state index is 13.2. The van der Waals surface area contributed by atoms with Gasteiger partial charge in [0.2, 0.25) is 5.91 Å². The van der Waals surface area contributed by atoms with Crippen molar-refractivity contribution < 1.29 is 18.0 Å². The first-order chi connectivity index (χ1) is 8.41. The second kappa shape index (κ2) is 6.28. The standard InChI is InChI=1S/C12H15F3N2O/c1-17(2)12(18)4-3-5-16-11-7-9(14)8(13)6-10(11)15/h6-7,16H,3-5H2,1-2H3. The number of nitrogens with zero attached hydrogens (tertiary/aromatic N) is 1. The molecule has 1 amide bonds. The van der Waals surface area contributed by atoms with E-state index < -0.39 is 17.5 Å². The lowest BCUT2D eigenvalue weighted by atomic mass is 10.2. The number of halogens is 3. The van der Waals surface area contributed by atoms with Crippen LogP contribution >= 0.6 is 0 Å². The van der Waals surface area contributed by atoms with E-state index in [0.29, 0.717) is 25.5 Å². The molecule has 6 heteroatoms. The third kappa shape index (κ3) is 3.94. The molecule has 0 heterocycles. The van der Waals surface area contributed by atoms with Crippen molar-refractivity contribution in [2.45, 2.75) is 12.8 Å². The van der Waals surface area contributed by atoms with Crippen LogP contribution < -0.4 is 5.32 Å². The van der Waals surface area contributed by atoms with Gasteiger partial charge in [-0.25, -0.2) is 13.2 Å². The van der Waals surface area contributed by atoms with Crippen molar-refractivity contribution in [3.05, 3.63) is 29.6 Å². The summed E-state index contributed by atoms with van der Waals surface area (Å²) in [6.07, 6.45) is 0.792. The Hall–Kier alpha value is -1.72. The molecule has 1 N–H and O–H groups in total. The van der Waals surface area contributed by atoms with E-state index in [1.165, 1.54) is 4.90 Å². The van der Waals surface area contributed by atoms with E-state index >= 15 is 0 Å². The summed E-state index contributed by atoms with van der Waals surface area (Å²) >= 11 is 0. The Morgan fingerprint density at radius 1 is 1.17 bits per heavy atom. The molecule has 0 fully saturated rings. The van der Waals surface area contributed by atoms with Crippen LogP contribution in [0.3, 0.4) is 0 Å². The van der Waals surface area contributed by atoms with Gasteiger partial charge in [0.15, 0.2) is 11.6 Å². The first-order valence-corrected chi connectivity index (χ1v) is 5.50. The van der Waals surface area contributed by atoms with Crippen LogP contribution in [-0.2, 0) is 4.79 Å². The Labute approximate surface area is 104 Å². The predicted molar refractivity (Wildman–Crippen MR) is 62.7 cm³/mol. The minimum atomic E-state index is -1.22. The van der Waals surface area contributed by atoms with Gasteiger partial charge >= 0.3 is 0 Å². The second-order valence-electron chi connectivity index (χ2n) is 4.06. The molecule has 0 aliphatic carbocycles. The van der Waals surface area contributed by atoms with Crippen LogP contribution in [0.25, 0.3) is 0 Å². The number of anilines is 1. The summed E-state index contributed by atoms with van der Waals surface area (Å²) in [7, 11) is 3.29. The molecular formula is C12H15F3N2O. The van der Waals surface area contributed by atoms with Gasteiger partial charge in [-0.3, -0.25) is 4.79 Å². The Kier molecular flexibility index (Phi) is 5.00. The van der Waals surface area contributed by atoms with Crippen LogP contribution in [-0.4, -0.2) is 31.4 Å². The highest BCUT2D eigenvalue weighted by Crippen LogP contribution is 2.18. The third-order valence-electron chi connectivity index (χ3n) is 2.39. The van der Waals surface area contributed by atoms with Crippen LogP contribution in [0.1, 0.15) is 12.8 Å². The molecule has 0 atom stereocenters. The molecule has 1 aromatic rings. The maximum atomic E-state index is 13.2. The number of nitrogens with one attached hydrogen (secondary N) is 1. The maximum Gasteiger partial charge on any atom is 0.222 e. The number of amides is 1. The smallest absolute Gasteiger partial charge is 0.222 e. The number of carbonyl (C=O) groups excluding carboxylic acids is 1. The molecule has 0 unspecified atom stereocenters. The van der Waals surface area contributed by atoms with Gasteiger partial charge in [0, 0.05) is 39.2 Å².